The molecular formula is C15H29N3O3. The van der Waals surface area contributed by atoms with Crippen LogP contribution in [0.2, 0.25) is 0 Å². The Morgan fingerprint density at radius 1 is 1.38 bits per heavy atom. The summed E-state index contributed by atoms with van der Waals surface area (Å²) in [5.41, 5.74) is 4.66. The van der Waals surface area contributed by atoms with Crippen molar-refractivity contribution in [3.8, 4) is 0 Å². The average Bonchev–Trinajstić information content (AvgIpc) is 3.22. The Bertz CT molecular complexity index is 358. The van der Waals surface area contributed by atoms with Gasteiger partial charge >= 0.3 is 5.97 Å². The third-order valence-electron chi connectivity index (χ3n) is 3.94. The second-order valence-electron chi connectivity index (χ2n) is 5.96. The molecule has 0 aromatic carbocycles. The van der Waals surface area contributed by atoms with Gasteiger partial charge < -0.3 is 15.8 Å². The minimum absolute atomic E-state index is 0.183. The monoisotopic (exact) mass is 299 g/mol. The van der Waals surface area contributed by atoms with Gasteiger partial charge in [0.05, 0.1) is 12.6 Å². The van der Waals surface area contributed by atoms with E-state index < -0.39 is 5.54 Å². The zero-order valence-corrected chi connectivity index (χ0v) is 13.4. The fraction of sp³-hybridized carbons (Fsp3) is 0.867. The molecule has 4 N–H and O–H groups in total. The number of hydrogen-bond acceptors (Lipinski definition) is 5. The van der Waals surface area contributed by atoms with Gasteiger partial charge in [-0.05, 0) is 46.6 Å². The molecule has 6 heteroatoms. The van der Waals surface area contributed by atoms with Gasteiger partial charge in [-0.1, -0.05) is 12.8 Å². The molecular weight excluding hydrogens is 270 g/mol. The van der Waals surface area contributed by atoms with Crippen molar-refractivity contribution in [3.63, 3.8) is 0 Å². The first-order valence-electron chi connectivity index (χ1n) is 7.84. The fourth-order valence-corrected chi connectivity index (χ4v) is 2.46. The van der Waals surface area contributed by atoms with Crippen LogP contribution in [0.1, 0.15) is 52.4 Å². The standard InChI is InChI=1S/C15H29N3O3/c1-4-21-14(20)15(2,18-11-8-9-11)10-6-5-7-12(17-3)13(16)19/h11-12,17-18H,4-10H2,1-3H3,(H2,16,19). The van der Waals surface area contributed by atoms with Crippen LogP contribution in [-0.4, -0.2) is 43.2 Å². The maximum absolute atomic E-state index is 12.1. The molecule has 1 saturated carbocycles. The van der Waals surface area contributed by atoms with Crippen molar-refractivity contribution in [2.24, 2.45) is 5.73 Å². The summed E-state index contributed by atoms with van der Waals surface area (Å²) in [4.78, 5) is 23.3. The fourth-order valence-electron chi connectivity index (χ4n) is 2.46. The van der Waals surface area contributed by atoms with Crippen LogP contribution in [0.4, 0.5) is 0 Å². The normalized spacial score (nSPS) is 18.8. The molecule has 0 radical (unpaired) electrons. The second-order valence-corrected chi connectivity index (χ2v) is 5.96. The number of rotatable bonds is 11. The summed E-state index contributed by atoms with van der Waals surface area (Å²) in [5.74, 6) is -0.515. The van der Waals surface area contributed by atoms with Crippen molar-refractivity contribution in [2.45, 2.75) is 70.0 Å². The summed E-state index contributed by atoms with van der Waals surface area (Å²) in [6.45, 7) is 4.12. The maximum atomic E-state index is 12.1. The molecule has 0 aliphatic heterocycles. The molecule has 0 heterocycles. The molecule has 1 rings (SSSR count). The Morgan fingerprint density at radius 3 is 2.52 bits per heavy atom. The van der Waals surface area contributed by atoms with Crippen molar-refractivity contribution in [3.05, 3.63) is 0 Å². The first-order chi connectivity index (χ1) is 9.92. The van der Waals surface area contributed by atoms with Gasteiger partial charge in [-0.15, -0.1) is 0 Å². The van der Waals surface area contributed by atoms with Gasteiger partial charge in [0.15, 0.2) is 0 Å². The predicted octanol–water partition coefficient (Wildman–Crippen LogP) is 0.694. The van der Waals surface area contributed by atoms with Crippen LogP contribution in [0.5, 0.6) is 0 Å². The van der Waals surface area contributed by atoms with E-state index in [-0.39, 0.29) is 17.9 Å². The maximum Gasteiger partial charge on any atom is 0.326 e. The first kappa shape index (κ1) is 17.9. The lowest BCUT2D eigenvalue weighted by Gasteiger charge is -2.29. The summed E-state index contributed by atoms with van der Waals surface area (Å²) < 4.78 is 5.19. The van der Waals surface area contributed by atoms with Gasteiger partial charge in [0, 0.05) is 6.04 Å². The SMILES string of the molecule is CCOC(=O)C(C)(CCCCC(NC)C(N)=O)NC1CC1. The highest BCUT2D eigenvalue weighted by Gasteiger charge is 2.39. The number of nitrogens with one attached hydrogen (secondary N) is 2. The molecule has 1 amide bonds. The number of nitrogens with two attached hydrogens (primary N) is 1. The minimum atomic E-state index is -0.626. The number of ether oxygens (including phenoxy) is 1. The third kappa shape index (κ3) is 6.01. The topological polar surface area (TPSA) is 93.4 Å². The van der Waals surface area contributed by atoms with E-state index >= 15 is 0 Å². The van der Waals surface area contributed by atoms with Crippen LogP contribution in [0.3, 0.4) is 0 Å². The highest BCUT2D eigenvalue weighted by Crippen LogP contribution is 2.26. The van der Waals surface area contributed by atoms with Crippen LogP contribution < -0.4 is 16.4 Å². The number of primary amides is 1. The highest BCUT2D eigenvalue weighted by molar-refractivity contribution is 5.80. The van der Waals surface area contributed by atoms with Gasteiger partial charge in [-0.25, -0.2) is 0 Å². The predicted molar refractivity (Wildman–Crippen MR) is 81.7 cm³/mol. The summed E-state index contributed by atoms with van der Waals surface area (Å²) in [5, 5.41) is 6.30. The smallest absolute Gasteiger partial charge is 0.326 e. The Labute approximate surface area is 127 Å². The number of carbonyl (C=O) groups is 2. The van der Waals surface area contributed by atoms with Gasteiger partial charge in [-0.3, -0.25) is 14.9 Å². The Balaban J connectivity index is 2.42. The van der Waals surface area contributed by atoms with E-state index in [2.05, 4.69) is 10.6 Å². The molecule has 0 aromatic rings. The van der Waals surface area contributed by atoms with E-state index in [4.69, 9.17) is 10.5 Å². The summed E-state index contributed by atoms with van der Waals surface area (Å²) in [6, 6.07) is 0.144. The largest absolute Gasteiger partial charge is 0.465 e. The zero-order valence-electron chi connectivity index (χ0n) is 13.4. The number of carbonyl (C=O) groups excluding carboxylic acids is 2. The van der Waals surface area contributed by atoms with E-state index in [1.165, 1.54) is 0 Å². The lowest BCUT2D eigenvalue weighted by molar-refractivity contribution is -0.151. The third-order valence-corrected chi connectivity index (χ3v) is 3.94. The van der Waals surface area contributed by atoms with E-state index in [0.29, 0.717) is 25.5 Å². The van der Waals surface area contributed by atoms with Crippen molar-refractivity contribution >= 4 is 11.9 Å². The molecule has 21 heavy (non-hydrogen) atoms. The van der Waals surface area contributed by atoms with Crippen LogP contribution >= 0.6 is 0 Å². The summed E-state index contributed by atoms with van der Waals surface area (Å²) in [7, 11) is 1.73. The molecule has 1 aliphatic carbocycles. The molecule has 2 atom stereocenters. The Kier molecular flexibility index (Phi) is 7.11. The van der Waals surface area contributed by atoms with Crippen LogP contribution in [0.15, 0.2) is 0 Å². The van der Waals surface area contributed by atoms with Crippen LogP contribution in [0.25, 0.3) is 0 Å². The van der Waals surface area contributed by atoms with Gasteiger partial charge in [0.2, 0.25) is 5.91 Å². The van der Waals surface area contributed by atoms with Crippen molar-refractivity contribution in [2.75, 3.05) is 13.7 Å². The summed E-state index contributed by atoms with van der Waals surface area (Å²) in [6.07, 6.45) is 5.33. The van der Waals surface area contributed by atoms with Crippen molar-refractivity contribution in [1.29, 1.82) is 0 Å². The molecule has 1 fully saturated rings. The molecule has 0 spiro atoms. The van der Waals surface area contributed by atoms with Crippen molar-refractivity contribution in [1.82, 2.24) is 10.6 Å². The molecule has 0 saturated heterocycles. The summed E-state index contributed by atoms with van der Waals surface area (Å²) >= 11 is 0. The quantitative estimate of drug-likeness (QED) is 0.385. The average molecular weight is 299 g/mol. The second kappa shape index (κ2) is 8.34. The zero-order chi connectivity index (χ0) is 15.9. The lowest BCUT2D eigenvalue weighted by atomic mass is 9.93. The van der Waals surface area contributed by atoms with E-state index in [1.54, 1.807) is 7.05 Å². The highest BCUT2D eigenvalue weighted by atomic mass is 16.5. The molecule has 0 bridgehead atoms. The molecule has 6 nitrogen and oxygen atoms in total. The Hall–Kier alpha value is -1.14. The van der Waals surface area contributed by atoms with Gasteiger partial charge in [0.25, 0.3) is 0 Å². The van der Waals surface area contributed by atoms with Crippen LogP contribution in [-0.2, 0) is 14.3 Å². The van der Waals surface area contributed by atoms with E-state index in [9.17, 15) is 9.59 Å². The van der Waals surface area contributed by atoms with E-state index in [1.807, 2.05) is 13.8 Å². The number of amides is 1. The van der Waals surface area contributed by atoms with Crippen molar-refractivity contribution < 1.29 is 14.3 Å². The number of unbranched alkanes of at least 4 members (excludes halogenated alkanes) is 1. The molecule has 2 unspecified atom stereocenters. The van der Waals surface area contributed by atoms with Gasteiger partial charge in [0.1, 0.15) is 5.54 Å². The number of hydrogen-bond donors (Lipinski definition) is 3. The van der Waals surface area contributed by atoms with Gasteiger partial charge in [-0.2, -0.15) is 0 Å². The number of likely N-dealkylation sites (N-methyl/N-ethyl adjacent to an activating group) is 1. The Morgan fingerprint density at radius 2 is 2.05 bits per heavy atom. The lowest BCUT2D eigenvalue weighted by Crippen LogP contribution is -2.51. The molecule has 0 aromatic heterocycles. The van der Waals surface area contributed by atoms with Crippen LogP contribution in [0, 0.1) is 0 Å². The number of esters is 1. The minimum Gasteiger partial charge on any atom is -0.465 e. The van der Waals surface area contributed by atoms with E-state index in [0.717, 1.165) is 25.7 Å². The molecule has 122 valence electrons. The first-order valence-corrected chi connectivity index (χ1v) is 7.84. The molecule has 1 aliphatic rings.